The highest BCUT2D eigenvalue weighted by Gasteiger charge is 2.39. The molecule has 4 heterocycles. The average Bonchev–Trinajstić information content (AvgIpc) is 2.92. The Hall–Kier alpha value is -1.66. The number of aromatic nitrogens is 3. The third-order valence-electron chi connectivity index (χ3n) is 4.92. The maximum atomic E-state index is 12.2. The van der Waals surface area contributed by atoms with Gasteiger partial charge in [-0.2, -0.15) is 0 Å². The van der Waals surface area contributed by atoms with E-state index >= 15 is 0 Å². The van der Waals surface area contributed by atoms with Crippen LogP contribution in [-0.2, 0) is 6.54 Å². The Kier molecular flexibility index (Phi) is 3.08. The van der Waals surface area contributed by atoms with Crippen LogP contribution < -0.4 is 5.69 Å². The average molecular weight is 288 g/mol. The van der Waals surface area contributed by atoms with E-state index < -0.39 is 0 Å². The third-order valence-corrected chi connectivity index (χ3v) is 4.92. The lowest BCUT2D eigenvalue weighted by atomic mass is 10.00. The molecule has 4 rings (SSSR count). The Labute approximate surface area is 122 Å². The molecule has 0 radical (unpaired) electrons. The first kappa shape index (κ1) is 13.0. The van der Waals surface area contributed by atoms with Crippen molar-refractivity contribution in [1.82, 2.24) is 19.1 Å². The van der Waals surface area contributed by atoms with Gasteiger partial charge in [0.25, 0.3) is 0 Å². The summed E-state index contributed by atoms with van der Waals surface area (Å²) in [6.07, 6.45) is 5.69. The molecule has 0 spiro atoms. The molecule has 2 aliphatic rings. The van der Waals surface area contributed by atoms with Crippen molar-refractivity contribution in [2.24, 2.45) is 0 Å². The highest BCUT2D eigenvalue weighted by molar-refractivity contribution is 5.35. The second kappa shape index (κ2) is 4.96. The SMILES string of the molecule is O=c1n(CCN2C3CCC2CC(O)C3)nc2ccccn12. The quantitative estimate of drug-likeness (QED) is 0.892. The lowest BCUT2D eigenvalue weighted by molar-refractivity contribution is 0.0331. The maximum absolute atomic E-state index is 12.2. The molecule has 2 aliphatic heterocycles. The fourth-order valence-electron chi connectivity index (χ4n) is 3.93. The molecule has 2 aromatic rings. The van der Waals surface area contributed by atoms with Gasteiger partial charge in [-0.15, -0.1) is 5.10 Å². The first-order valence-corrected chi connectivity index (χ1v) is 7.70. The standard InChI is InChI=1S/C15H20N4O2/c20-13-9-11-4-5-12(10-13)17(11)7-8-19-15(21)18-6-2-1-3-14(18)16-19/h1-3,6,11-13,20H,4-5,7-10H2. The Bertz CT molecular complexity index is 693. The second-order valence-corrected chi connectivity index (χ2v) is 6.18. The predicted molar refractivity (Wildman–Crippen MR) is 78.2 cm³/mol. The van der Waals surface area contributed by atoms with Gasteiger partial charge in [0, 0.05) is 24.8 Å². The molecular weight excluding hydrogens is 268 g/mol. The van der Waals surface area contributed by atoms with Crippen LogP contribution in [0, 0.1) is 0 Å². The van der Waals surface area contributed by atoms with E-state index in [1.807, 2.05) is 18.2 Å². The summed E-state index contributed by atoms with van der Waals surface area (Å²) in [5, 5.41) is 14.2. The molecule has 112 valence electrons. The zero-order valence-electron chi connectivity index (χ0n) is 11.9. The molecule has 0 aliphatic carbocycles. The topological polar surface area (TPSA) is 62.8 Å². The number of hydrogen-bond acceptors (Lipinski definition) is 4. The van der Waals surface area contributed by atoms with Gasteiger partial charge in [0.2, 0.25) is 0 Å². The minimum absolute atomic E-state index is 0.0741. The van der Waals surface area contributed by atoms with E-state index in [0.717, 1.165) is 19.4 Å². The van der Waals surface area contributed by atoms with Crippen LogP contribution >= 0.6 is 0 Å². The number of aliphatic hydroxyl groups excluding tert-OH is 1. The van der Waals surface area contributed by atoms with Crippen LogP contribution in [0.15, 0.2) is 29.2 Å². The Morgan fingerprint density at radius 3 is 2.67 bits per heavy atom. The molecule has 6 heteroatoms. The summed E-state index contributed by atoms with van der Waals surface area (Å²) in [6.45, 7) is 1.45. The summed E-state index contributed by atoms with van der Waals surface area (Å²) in [5.41, 5.74) is 0.620. The van der Waals surface area contributed by atoms with Crippen molar-refractivity contribution in [3.05, 3.63) is 34.9 Å². The second-order valence-electron chi connectivity index (χ2n) is 6.18. The molecular formula is C15H20N4O2. The Balaban J connectivity index is 1.51. The van der Waals surface area contributed by atoms with Crippen molar-refractivity contribution in [3.8, 4) is 0 Å². The summed E-state index contributed by atoms with van der Waals surface area (Å²) in [5.74, 6) is 0. The number of nitrogens with zero attached hydrogens (tertiary/aromatic N) is 4. The molecule has 2 aromatic heterocycles. The van der Waals surface area contributed by atoms with Gasteiger partial charge in [-0.05, 0) is 37.8 Å². The van der Waals surface area contributed by atoms with Crippen molar-refractivity contribution < 1.29 is 5.11 Å². The zero-order valence-corrected chi connectivity index (χ0v) is 11.9. The molecule has 6 nitrogen and oxygen atoms in total. The van der Waals surface area contributed by atoms with E-state index in [2.05, 4.69) is 10.00 Å². The summed E-state index contributed by atoms with van der Waals surface area (Å²) < 4.78 is 3.13. The van der Waals surface area contributed by atoms with Crippen molar-refractivity contribution in [2.45, 2.75) is 50.4 Å². The van der Waals surface area contributed by atoms with Gasteiger partial charge in [0.1, 0.15) is 0 Å². The van der Waals surface area contributed by atoms with Crippen LogP contribution in [0.1, 0.15) is 25.7 Å². The first-order valence-electron chi connectivity index (χ1n) is 7.70. The fourth-order valence-corrected chi connectivity index (χ4v) is 3.93. The molecule has 0 aromatic carbocycles. The molecule has 2 fully saturated rings. The monoisotopic (exact) mass is 288 g/mol. The molecule has 2 saturated heterocycles. The van der Waals surface area contributed by atoms with Crippen molar-refractivity contribution >= 4 is 5.65 Å². The predicted octanol–water partition coefficient (Wildman–Crippen LogP) is 0.484. The molecule has 2 bridgehead atoms. The number of fused-ring (bicyclic) bond motifs is 3. The smallest absolute Gasteiger partial charge is 0.350 e. The highest BCUT2D eigenvalue weighted by Crippen LogP contribution is 2.35. The van der Waals surface area contributed by atoms with E-state index in [1.54, 1.807) is 15.3 Å². The van der Waals surface area contributed by atoms with E-state index in [1.165, 1.54) is 12.8 Å². The third kappa shape index (κ3) is 2.18. The summed E-state index contributed by atoms with van der Waals surface area (Å²) >= 11 is 0. The number of aliphatic hydroxyl groups is 1. The molecule has 2 unspecified atom stereocenters. The van der Waals surface area contributed by atoms with Crippen LogP contribution in [0.2, 0.25) is 0 Å². The lowest BCUT2D eigenvalue weighted by Crippen LogP contribution is -2.46. The van der Waals surface area contributed by atoms with Gasteiger partial charge in [-0.1, -0.05) is 6.07 Å². The number of rotatable bonds is 3. The van der Waals surface area contributed by atoms with E-state index in [0.29, 0.717) is 24.3 Å². The van der Waals surface area contributed by atoms with Crippen molar-refractivity contribution in [1.29, 1.82) is 0 Å². The van der Waals surface area contributed by atoms with Gasteiger partial charge in [-0.3, -0.25) is 9.30 Å². The highest BCUT2D eigenvalue weighted by atomic mass is 16.3. The number of hydrogen-bond donors (Lipinski definition) is 1. The van der Waals surface area contributed by atoms with E-state index in [-0.39, 0.29) is 11.8 Å². The number of pyridine rings is 1. The minimum atomic E-state index is -0.142. The van der Waals surface area contributed by atoms with Crippen LogP contribution in [0.25, 0.3) is 5.65 Å². The van der Waals surface area contributed by atoms with Gasteiger partial charge in [-0.25, -0.2) is 9.48 Å². The summed E-state index contributed by atoms with van der Waals surface area (Å²) in [7, 11) is 0. The molecule has 21 heavy (non-hydrogen) atoms. The largest absolute Gasteiger partial charge is 0.393 e. The van der Waals surface area contributed by atoms with E-state index in [9.17, 15) is 9.90 Å². The van der Waals surface area contributed by atoms with Gasteiger partial charge < -0.3 is 5.11 Å². The summed E-state index contributed by atoms with van der Waals surface area (Å²) in [6, 6.07) is 6.53. The van der Waals surface area contributed by atoms with Crippen molar-refractivity contribution in [3.63, 3.8) is 0 Å². The van der Waals surface area contributed by atoms with Gasteiger partial charge in [0.05, 0.1) is 12.6 Å². The van der Waals surface area contributed by atoms with Gasteiger partial charge in [0.15, 0.2) is 5.65 Å². The first-order chi connectivity index (χ1) is 10.2. The number of piperidine rings is 1. The zero-order chi connectivity index (χ0) is 14.4. The summed E-state index contributed by atoms with van der Waals surface area (Å²) in [4.78, 5) is 14.7. The Morgan fingerprint density at radius 2 is 1.95 bits per heavy atom. The lowest BCUT2D eigenvalue weighted by Gasteiger charge is -2.36. The van der Waals surface area contributed by atoms with Gasteiger partial charge >= 0.3 is 5.69 Å². The van der Waals surface area contributed by atoms with Crippen LogP contribution in [-0.4, -0.2) is 48.9 Å². The van der Waals surface area contributed by atoms with Crippen LogP contribution in [0.3, 0.4) is 0 Å². The van der Waals surface area contributed by atoms with Crippen LogP contribution in [0.5, 0.6) is 0 Å². The van der Waals surface area contributed by atoms with Crippen molar-refractivity contribution in [2.75, 3.05) is 6.54 Å². The minimum Gasteiger partial charge on any atom is -0.393 e. The Morgan fingerprint density at radius 1 is 1.19 bits per heavy atom. The van der Waals surface area contributed by atoms with Crippen LogP contribution in [0.4, 0.5) is 0 Å². The molecule has 0 saturated carbocycles. The normalized spacial score (nSPS) is 29.3. The molecule has 2 atom stereocenters. The maximum Gasteiger partial charge on any atom is 0.350 e. The van der Waals surface area contributed by atoms with E-state index in [4.69, 9.17) is 0 Å². The fraction of sp³-hybridized carbons (Fsp3) is 0.600. The molecule has 1 N–H and O–H groups in total. The molecule has 0 amide bonds.